The Morgan fingerprint density at radius 2 is 2.08 bits per heavy atom. The minimum atomic E-state index is -0.595. The van der Waals surface area contributed by atoms with Gasteiger partial charge in [-0.25, -0.2) is 4.79 Å². The quantitative estimate of drug-likeness (QED) is 0.749. The number of aliphatic hydroxyl groups excluding tert-OH is 1. The van der Waals surface area contributed by atoms with E-state index >= 15 is 0 Å². The van der Waals surface area contributed by atoms with Crippen molar-refractivity contribution in [2.45, 2.75) is 51.7 Å². The van der Waals surface area contributed by atoms with Crippen molar-refractivity contribution in [3.8, 4) is 0 Å². The molecule has 134 valence electrons. The van der Waals surface area contributed by atoms with E-state index in [-0.39, 0.29) is 24.6 Å². The predicted molar refractivity (Wildman–Crippen MR) is 96.7 cm³/mol. The number of likely N-dealkylation sites (tertiary alicyclic amines) is 1. The summed E-state index contributed by atoms with van der Waals surface area (Å²) >= 11 is 0. The summed E-state index contributed by atoms with van der Waals surface area (Å²) in [4.78, 5) is 14.7. The lowest BCUT2D eigenvalue weighted by Crippen LogP contribution is -2.58. The van der Waals surface area contributed by atoms with Crippen LogP contribution < -0.4 is 10.6 Å². The summed E-state index contributed by atoms with van der Waals surface area (Å²) in [5.74, 6) is 0.161. The molecule has 3 N–H and O–H groups in total. The highest BCUT2D eigenvalue weighted by Gasteiger charge is 2.30. The van der Waals surface area contributed by atoms with Gasteiger partial charge in [0, 0.05) is 19.1 Å². The van der Waals surface area contributed by atoms with Crippen molar-refractivity contribution < 1.29 is 9.90 Å². The molecular weight excluding hydrogens is 302 g/mol. The van der Waals surface area contributed by atoms with Crippen LogP contribution in [0.15, 0.2) is 30.3 Å². The van der Waals surface area contributed by atoms with Gasteiger partial charge < -0.3 is 15.7 Å². The largest absolute Gasteiger partial charge is 0.394 e. The molecule has 0 bridgehead atoms. The van der Waals surface area contributed by atoms with Gasteiger partial charge >= 0.3 is 6.03 Å². The SMILES string of the molecule is CC(C)C(C)(CO)NC(=O)NC1CCCN(Cc2ccccc2)C1. The van der Waals surface area contributed by atoms with Gasteiger partial charge in [0.15, 0.2) is 0 Å². The zero-order chi connectivity index (χ0) is 17.6. The highest BCUT2D eigenvalue weighted by atomic mass is 16.3. The van der Waals surface area contributed by atoms with Crippen molar-refractivity contribution >= 4 is 6.03 Å². The fourth-order valence-electron chi connectivity index (χ4n) is 3.01. The van der Waals surface area contributed by atoms with E-state index in [1.54, 1.807) is 0 Å². The van der Waals surface area contributed by atoms with Gasteiger partial charge in [-0.15, -0.1) is 0 Å². The number of hydrogen-bond donors (Lipinski definition) is 3. The van der Waals surface area contributed by atoms with E-state index in [2.05, 4.69) is 39.8 Å². The average Bonchev–Trinajstić information content (AvgIpc) is 2.55. The molecule has 5 nitrogen and oxygen atoms in total. The van der Waals surface area contributed by atoms with Crippen molar-refractivity contribution in [1.82, 2.24) is 15.5 Å². The van der Waals surface area contributed by atoms with Crippen LogP contribution >= 0.6 is 0 Å². The number of aliphatic hydroxyl groups is 1. The Kier molecular flexibility index (Phi) is 6.63. The van der Waals surface area contributed by atoms with Gasteiger partial charge in [0.05, 0.1) is 12.1 Å². The number of rotatable bonds is 6. The predicted octanol–water partition coefficient (Wildman–Crippen LogP) is 2.36. The molecule has 1 saturated heterocycles. The van der Waals surface area contributed by atoms with Crippen molar-refractivity contribution in [3.63, 3.8) is 0 Å². The number of nitrogens with one attached hydrogen (secondary N) is 2. The third kappa shape index (κ3) is 5.21. The fraction of sp³-hybridized carbons (Fsp3) is 0.632. The van der Waals surface area contributed by atoms with Crippen LogP contribution in [0.5, 0.6) is 0 Å². The molecule has 2 rings (SSSR count). The first kappa shape index (κ1) is 18.7. The summed E-state index contributed by atoms with van der Waals surface area (Å²) in [5, 5.41) is 15.6. The third-order valence-corrected chi connectivity index (χ3v) is 5.09. The second-order valence-corrected chi connectivity index (χ2v) is 7.39. The van der Waals surface area contributed by atoms with Gasteiger partial charge in [-0.1, -0.05) is 44.2 Å². The summed E-state index contributed by atoms with van der Waals surface area (Å²) in [6.07, 6.45) is 2.08. The Labute approximate surface area is 145 Å². The molecule has 0 aliphatic carbocycles. The van der Waals surface area contributed by atoms with Crippen LogP contribution in [-0.4, -0.2) is 47.3 Å². The number of urea groups is 1. The summed E-state index contributed by atoms with van der Waals surface area (Å²) in [6.45, 7) is 8.65. The smallest absolute Gasteiger partial charge is 0.315 e. The second-order valence-electron chi connectivity index (χ2n) is 7.39. The summed E-state index contributed by atoms with van der Waals surface area (Å²) in [6, 6.07) is 10.4. The van der Waals surface area contributed by atoms with Crippen molar-refractivity contribution in [2.75, 3.05) is 19.7 Å². The summed E-state index contributed by atoms with van der Waals surface area (Å²) < 4.78 is 0. The summed E-state index contributed by atoms with van der Waals surface area (Å²) in [5.41, 5.74) is 0.706. The molecular formula is C19H31N3O2. The third-order valence-electron chi connectivity index (χ3n) is 5.09. The molecule has 2 amide bonds. The lowest BCUT2D eigenvalue weighted by molar-refractivity contribution is 0.131. The monoisotopic (exact) mass is 333 g/mol. The Bertz CT molecular complexity index is 521. The maximum Gasteiger partial charge on any atom is 0.315 e. The molecule has 1 aromatic carbocycles. The Hall–Kier alpha value is -1.59. The van der Waals surface area contributed by atoms with Gasteiger partial charge in [0.25, 0.3) is 0 Å². The molecule has 5 heteroatoms. The van der Waals surface area contributed by atoms with E-state index in [9.17, 15) is 9.90 Å². The lowest BCUT2D eigenvalue weighted by atomic mass is 9.89. The normalized spacial score (nSPS) is 21.3. The molecule has 1 aliphatic rings. The molecule has 1 aliphatic heterocycles. The molecule has 1 heterocycles. The Morgan fingerprint density at radius 3 is 2.71 bits per heavy atom. The zero-order valence-electron chi connectivity index (χ0n) is 15.1. The lowest BCUT2D eigenvalue weighted by Gasteiger charge is -2.36. The average molecular weight is 333 g/mol. The van der Waals surface area contributed by atoms with E-state index in [0.29, 0.717) is 0 Å². The number of nitrogens with zero attached hydrogens (tertiary/aromatic N) is 1. The van der Waals surface area contributed by atoms with Gasteiger partial charge in [-0.05, 0) is 37.8 Å². The number of piperidine rings is 1. The van der Waals surface area contributed by atoms with Crippen molar-refractivity contribution in [1.29, 1.82) is 0 Å². The molecule has 2 atom stereocenters. The molecule has 1 aromatic rings. The van der Waals surface area contributed by atoms with Crippen LogP contribution in [-0.2, 0) is 6.54 Å². The summed E-state index contributed by atoms with van der Waals surface area (Å²) in [7, 11) is 0. The minimum absolute atomic E-state index is 0.0666. The van der Waals surface area contributed by atoms with Crippen LogP contribution in [0, 0.1) is 5.92 Å². The number of amides is 2. The van der Waals surface area contributed by atoms with Crippen LogP contribution in [0.25, 0.3) is 0 Å². The first-order chi connectivity index (χ1) is 11.4. The van der Waals surface area contributed by atoms with Crippen LogP contribution in [0.1, 0.15) is 39.2 Å². The number of hydrogen-bond acceptors (Lipinski definition) is 3. The van der Waals surface area contributed by atoms with Gasteiger partial charge in [0.2, 0.25) is 0 Å². The molecule has 0 radical (unpaired) electrons. The second kappa shape index (κ2) is 8.49. The molecule has 0 saturated carbocycles. The van der Waals surface area contributed by atoms with Crippen molar-refractivity contribution in [3.05, 3.63) is 35.9 Å². The molecule has 0 aromatic heterocycles. The number of benzene rings is 1. The molecule has 1 fully saturated rings. The fourth-order valence-corrected chi connectivity index (χ4v) is 3.01. The van der Waals surface area contributed by atoms with Crippen molar-refractivity contribution in [2.24, 2.45) is 5.92 Å². The van der Waals surface area contributed by atoms with Crippen LogP contribution in [0.3, 0.4) is 0 Å². The zero-order valence-corrected chi connectivity index (χ0v) is 15.1. The number of carbonyl (C=O) groups excluding carboxylic acids is 1. The van der Waals surface area contributed by atoms with E-state index in [1.807, 2.05) is 26.8 Å². The molecule has 0 spiro atoms. The maximum atomic E-state index is 12.3. The Morgan fingerprint density at radius 1 is 1.38 bits per heavy atom. The van der Waals surface area contributed by atoms with Gasteiger partial charge in [-0.2, -0.15) is 0 Å². The first-order valence-electron chi connectivity index (χ1n) is 8.89. The highest BCUT2D eigenvalue weighted by molar-refractivity contribution is 5.75. The topological polar surface area (TPSA) is 64.6 Å². The minimum Gasteiger partial charge on any atom is -0.394 e. The van der Waals surface area contributed by atoms with Crippen LogP contribution in [0.4, 0.5) is 4.79 Å². The van der Waals surface area contributed by atoms with E-state index in [4.69, 9.17) is 0 Å². The highest BCUT2D eigenvalue weighted by Crippen LogP contribution is 2.16. The standard InChI is InChI=1S/C19H31N3O2/c1-15(2)19(3,14-23)21-18(24)20-17-10-7-11-22(13-17)12-16-8-5-4-6-9-16/h4-6,8-9,15,17,23H,7,10-14H2,1-3H3,(H2,20,21,24). The van der Waals surface area contributed by atoms with E-state index in [1.165, 1.54) is 5.56 Å². The van der Waals surface area contributed by atoms with E-state index in [0.717, 1.165) is 32.5 Å². The van der Waals surface area contributed by atoms with Gasteiger partial charge in [-0.3, -0.25) is 4.90 Å². The maximum absolute atomic E-state index is 12.3. The van der Waals surface area contributed by atoms with Gasteiger partial charge in [0.1, 0.15) is 0 Å². The first-order valence-corrected chi connectivity index (χ1v) is 8.89. The van der Waals surface area contributed by atoms with Crippen LogP contribution in [0.2, 0.25) is 0 Å². The number of carbonyl (C=O) groups is 1. The molecule has 2 unspecified atom stereocenters. The van der Waals surface area contributed by atoms with E-state index < -0.39 is 5.54 Å². The molecule has 24 heavy (non-hydrogen) atoms. The Balaban J connectivity index is 1.85.